The lowest BCUT2D eigenvalue weighted by Crippen LogP contribution is -2.33. The lowest BCUT2D eigenvalue weighted by Gasteiger charge is -2.05. The average Bonchev–Trinajstić information content (AvgIpc) is 2.48. The summed E-state index contributed by atoms with van der Waals surface area (Å²) in [5, 5.41) is 5.34. The van der Waals surface area contributed by atoms with Gasteiger partial charge in [-0.15, -0.1) is 0 Å². The second kappa shape index (κ2) is 7.85. The molecule has 0 heterocycles. The molecule has 0 aliphatic rings. The zero-order valence-corrected chi connectivity index (χ0v) is 11.6. The average molecular weight is 284 g/mol. The Kier molecular flexibility index (Phi) is 5.52. The molecule has 0 aliphatic heterocycles. The molecule has 0 aliphatic carbocycles. The lowest BCUT2D eigenvalue weighted by molar-refractivity contribution is 0.244. The molecule has 0 bridgehead atoms. The van der Waals surface area contributed by atoms with Crippen LogP contribution in [0.3, 0.4) is 0 Å². The van der Waals surface area contributed by atoms with Crippen LogP contribution in [0, 0.1) is 5.82 Å². The van der Waals surface area contributed by atoms with Crippen molar-refractivity contribution >= 4 is 12.1 Å². The van der Waals surface area contributed by atoms with Crippen molar-refractivity contribution in [2.75, 3.05) is 6.54 Å². The maximum Gasteiger partial charge on any atom is 0.318 e. The van der Waals surface area contributed by atoms with E-state index < -0.39 is 0 Å². The van der Waals surface area contributed by atoms with Crippen molar-refractivity contribution in [2.24, 2.45) is 0 Å². The molecular formula is C17H17FN2O. The van der Waals surface area contributed by atoms with Crippen LogP contribution in [0.1, 0.15) is 11.1 Å². The number of carbonyl (C=O) groups is 1. The van der Waals surface area contributed by atoms with E-state index in [0.29, 0.717) is 13.0 Å². The molecular weight excluding hydrogens is 267 g/mol. The van der Waals surface area contributed by atoms with E-state index in [0.717, 1.165) is 11.1 Å². The molecule has 0 fully saturated rings. The summed E-state index contributed by atoms with van der Waals surface area (Å²) in [5.74, 6) is -0.261. The first-order valence-corrected chi connectivity index (χ1v) is 6.74. The van der Waals surface area contributed by atoms with Gasteiger partial charge in [-0.2, -0.15) is 0 Å². The number of hydrogen-bond acceptors (Lipinski definition) is 1. The van der Waals surface area contributed by atoms with Crippen molar-refractivity contribution in [3.8, 4) is 0 Å². The zero-order chi connectivity index (χ0) is 14.9. The Balaban J connectivity index is 1.69. The molecule has 0 saturated heterocycles. The Morgan fingerprint density at radius 1 is 1.10 bits per heavy atom. The third-order valence-electron chi connectivity index (χ3n) is 2.88. The summed E-state index contributed by atoms with van der Waals surface area (Å²) in [7, 11) is 0. The number of amides is 2. The standard InChI is InChI=1S/C17H17FN2O/c18-16-8-4-7-15(13-16)10-12-20-17(21)19-11-9-14-5-2-1-3-6-14/h1-9,11,13H,10,12H2,(H2,19,20,21)/b11-9+. The molecule has 2 aromatic carbocycles. The molecule has 2 aromatic rings. The van der Waals surface area contributed by atoms with Crippen LogP contribution in [0.25, 0.3) is 6.08 Å². The molecule has 3 nitrogen and oxygen atoms in total. The van der Waals surface area contributed by atoms with Crippen molar-refractivity contribution in [3.05, 3.63) is 77.7 Å². The van der Waals surface area contributed by atoms with Gasteiger partial charge in [0.1, 0.15) is 5.82 Å². The van der Waals surface area contributed by atoms with Gasteiger partial charge in [-0.05, 0) is 35.8 Å². The molecule has 0 unspecified atom stereocenters. The van der Waals surface area contributed by atoms with E-state index in [2.05, 4.69) is 10.6 Å². The Bertz CT molecular complexity index is 611. The van der Waals surface area contributed by atoms with E-state index in [1.54, 1.807) is 12.3 Å². The summed E-state index contributed by atoms with van der Waals surface area (Å²) < 4.78 is 13.0. The highest BCUT2D eigenvalue weighted by Gasteiger charge is 1.98. The van der Waals surface area contributed by atoms with Crippen molar-refractivity contribution in [1.82, 2.24) is 10.6 Å². The molecule has 0 radical (unpaired) electrons. The van der Waals surface area contributed by atoms with E-state index in [4.69, 9.17) is 0 Å². The number of hydrogen-bond donors (Lipinski definition) is 2. The van der Waals surface area contributed by atoms with Crippen LogP contribution in [-0.2, 0) is 6.42 Å². The van der Waals surface area contributed by atoms with Gasteiger partial charge >= 0.3 is 6.03 Å². The summed E-state index contributed by atoms with van der Waals surface area (Å²) in [4.78, 5) is 11.5. The van der Waals surface area contributed by atoms with Gasteiger partial charge in [0.05, 0.1) is 0 Å². The predicted octanol–water partition coefficient (Wildman–Crippen LogP) is 3.34. The SMILES string of the molecule is O=C(N/C=C/c1ccccc1)NCCc1cccc(F)c1. The first-order chi connectivity index (χ1) is 10.2. The molecule has 0 aromatic heterocycles. The topological polar surface area (TPSA) is 41.1 Å². The number of halogens is 1. The molecule has 2 N–H and O–H groups in total. The van der Waals surface area contributed by atoms with Gasteiger partial charge < -0.3 is 10.6 Å². The maximum atomic E-state index is 13.0. The van der Waals surface area contributed by atoms with Crippen LogP contribution >= 0.6 is 0 Å². The summed E-state index contributed by atoms with van der Waals surface area (Å²) in [5.41, 5.74) is 1.87. The van der Waals surface area contributed by atoms with Crippen molar-refractivity contribution in [2.45, 2.75) is 6.42 Å². The Morgan fingerprint density at radius 2 is 1.90 bits per heavy atom. The molecule has 2 rings (SSSR count). The van der Waals surface area contributed by atoms with Crippen LogP contribution in [0.4, 0.5) is 9.18 Å². The maximum absolute atomic E-state index is 13.0. The highest BCUT2D eigenvalue weighted by molar-refractivity contribution is 5.75. The molecule has 21 heavy (non-hydrogen) atoms. The fraction of sp³-hybridized carbons (Fsp3) is 0.118. The van der Waals surface area contributed by atoms with E-state index in [1.165, 1.54) is 12.1 Å². The van der Waals surface area contributed by atoms with Gasteiger partial charge in [-0.25, -0.2) is 9.18 Å². The number of nitrogens with one attached hydrogen (secondary N) is 2. The van der Waals surface area contributed by atoms with Crippen molar-refractivity contribution in [3.63, 3.8) is 0 Å². The second-order valence-electron chi connectivity index (χ2n) is 4.52. The minimum Gasteiger partial charge on any atom is -0.338 e. The summed E-state index contributed by atoms with van der Waals surface area (Å²) >= 11 is 0. The third-order valence-corrected chi connectivity index (χ3v) is 2.88. The van der Waals surface area contributed by atoms with Gasteiger partial charge in [0.25, 0.3) is 0 Å². The highest BCUT2D eigenvalue weighted by atomic mass is 19.1. The first kappa shape index (κ1) is 14.8. The van der Waals surface area contributed by atoms with E-state index in [1.807, 2.05) is 42.5 Å². The fourth-order valence-corrected chi connectivity index (χ4v) is 1.84. The minimum atomic E-state index is -0.279. The third kappa shape index (κ3) is 5.48. The van der Waals surface area contributed by atoms with Crippen LogP contribution in [0.2, 0.25) is 0 Å². The molecule has 2 amide bonds. The normalized spacial score (nSPS) is 10.5. The van der Waals surface area contributed by atoms with Crippen LogP contribution in [0.15, 0.2) is 60.8 Å². The quantitative estimate of drug-likeness (QED) is 0.868. The number of rotatable bonds is 5. The van der Waals surface area contributed by atoms with Gasteiger partial charge in [0.2, 0.25) is 0 Å². The van der Waals surface area contributed by atoms with Gasteiger partial charge in [0, 0.05) is 12.7 Å². The highest BCUT2D eigenvalue weighted by Crippen LogP contribution is 2.03. The molecule has 0 atom stereocenters. The van der Waals surface area contributed by atoms with E-state index in [-0.39, 0.29) is 11.8 Å². The predicted molar refractivity (Wildman–Crippen MR) is 82.1 cm³/mol. The Hall–Kier alpha value is -2.62. The second-order valence-corrected chi connectivity index (χ2v) is 4.52. The molecule has 108 valence electrons. The number of carbonyl (C=O) groups excluding carboxylic acids is 1. The summed E-state index contributed by atoms with van der Waals surface area (Å²) in [6.45, 7) is 0.453. The number of urea groups is 1. The van der Waals surface area contributed by atoms with Gasteiger partial charge in [-0.1, -0.05) is 42.5 Å². The smallest absolute Gasteiger partial charge is 0.318 e. The largest absolute Gasteiger partial charge is 0.338 e. The zero-order valence-electron chi connectivity index (χ0n) is 11.6. The summed E-state index contributed by atoms with van der Waals surface area (Å²) in [6.07, 6.45) is 3.99. The van der Waals surface area contributed by atoms with Crippen LogP contribution < -0.4 is 10.6 Å². The minimum absolute atomic E-state index is 0.261. The van der Waals surface area contributed by atoms with Crippen LogP contribution in [-0.4, -0.2) is 12.6 Å². The van der Waals surface area contributed by atoms with Crippen LogP contribution in [0.5, 0.6) is 0 Å². The number of benzene rings is 2. The Morgan fingerprint density at radius 3 is 2.67 bits per heavy atom. The van der Waals surface area contributed by atoms with E-state index in [9.17, 15) is 9.18 Å². The van der Waals surface area contributed by atoms with Gasteiger partial charge in [-0.3, -0.25) is 0 Å². The van der Waals surface area contributed by atoms with Crippen molar-refractivity contribution < 1.29 is 9.18 Å². The van der Waals surface area contributed by atoms with Gasteiger partial charge in [0.15, 0.2) is 0 Å². The molecule has 4 heteroatoms. The summed E-state index contributed by atoms with van der Waals surface area (Å²) in [6, 6.07) is 15.8. The monoisotopic (exact) mass is 284 g/mol. The molecule has 0 saturated carbocycles. The fourth-order valence-electron chi connectivity index (χ4n) is 1.84. The first-order valence-electron chi connectivity index (χ1n) is 6.74. The Labute approximate surface area is 123 Å². The van der Waals surface area contributed by atoms with E-state index >= 15 is 0 Å². The lowest BCUT2D eigenvalue weighted by atomic mass is 10.1. The van der Waals surface area contributed by atoms with Crippen molar-refractivity contribution in [1.29, 1.82) is 0 Å². The molecule has 0 spiro atoms.